The molecule has 0 atom stereocenters. The predicted octanol–water partition coefficient (Wildman–Crippen LogP) is 3.71. The zero-order chi connectivity index (χ0) is 27.7. The molecule has 4 rings (SSSR count). The van der Waals surface area contributed by atoms with Crippen LogP contribution in [0.5, 0.6) is 5.75 Å². The van der Waals surface area contributed by atoms with E-state index in [1.54, 1.807) is 42.6 Å². The van der Waals surface area contributed by atoms with Crippen molar-refractivity contribution in [1.82, 2.24) is 15.4 Å². The molecule has 39 heavy (non-hydrogen) atoms. The summed E-state index contributed by atoms with van der Waals surface area (Å²) >= 11 is 0. The molecule has 1 aliphatic carbocycles. The smallest absolute Gasteiger partial charge is 0.264 e. The van der Waals surface area contributed by atoms with Gasteiger partial charge in [-0.25, -0.2) is 18.1 Å². The Morgan fingerprint density at radius 3 is 2.26 bits per heavy atom. The minimum absolute atomic E-state index is 0.0787. The van der Waals surface area contributed by atoms with E-state index >= 15 is 0 Å². The van der Waals surface area contributed by atoms with E-state index in [1.165, 1.54) is 19.2 Å². The summed E-state index contributed by atoms with van der Waals surface area (Å²) in [5, 5.41) is 14.7. The molecule has 1 fully saturated rings. The largest absolute Gasteiger partial charge is 0.496 e. The van der Waals surface area contributed by atoms with E-state index in [2.05, 4.69) is 32.5 Å². The summed E-state index contributed by atoms with van der Waals surface area (Å²) in [5.41, 5.74) is 1.27. The molecule has 0 saturated heterocycles. The minimum atomic E-state index is -3.90. The monoisotopic (exact) mass is 545 g/mol. The van der Waals surface area contributed by atoms with E-state index in [1.807, 2.05) is 24.3 Å². The van der Waals surface area contributed by atoms with Crippen molar-refractivity contribution >= 4 is 21.9 Å². The number of guanidine groups is 1. The van der Waals surface area contributed by atoms with Gasteiger partial charge in [-0.15, -0.1) is 0 Å². The fourth-order valence-corrected chi connectivity index (χ4v) is 5.92. The maximum Gasteiger partial charge on any atom is 0.264 e. The van der Waals surface area contributed by atoms with Gasteiger partial charge in [-0.05, 0) is 55.5 Å². The molecule has 0 aromatic heterocycles. The van der Waals surface area contributed by atoms with Gasteiger partial charge in [0.25, 0.3) is 15.9 Å². The van der Waals surface area contributed by atoms with Gasteiger partial charge < -0.3 is 10.1 Å². The number of sulfonamides is 1. The summed E-state index contributed by atoms with van der Waals surface area (Å²) in [4.78, 5) is 17.7. The molecule has 0 spiro atoms. The molecule has 0 bridgehead atoms. The van der Waals surface area contributed by atoms with E-state index in [-0.39, 0.29) is 28.2 Å². The number of para-hydroxylation sites is 1. The number of ether oxygens (including phenoxy) is 1. The lowest BCUT2D eigenvalue weighted by Gasteiger charge is -2.40. The molecule has 1 saturated carbocycles. The van der Waals surface area contributed by atoms with Crippen LogP contribution in [0.15, 0.2) is 94.8 Å². The lowest BCUT2D eigenvalue weighted by atomic mass is 9.68. The van der Waals surface area contributed by atoms with E-state index in [0.29, 0.717) is 43.5 Å². The van der Waals surface area contributed by atoms with Crippen LogP contribution in [0.1, 0.15) is 41.6 Å². The molecule has 3 N–H and O–H groups in total. The molecule has 0 heterocycles. The summed E-state index contributed by atoms with van der Waals surface area (Å²) in [6.45, 7) is 0.425. The zero-order valence-electron chi connectivity index (χ0n) is 21.6. The van der Waals surface area contributed by atoms with Crippen LogP contribution in [0.25, 0.3) is 0 Å². The molecule has 0 radical (unpaired) electrons. The zero-order valence-corrected chi connectivity index (χ0v) is 22.4. The van der Waals surface area contributed by atoms with Crippen LogP contribution >= 0.6 is 0 Å². The first kappa shape index (κ1) is 27.7. The number of carbonyl (C=O) groups is 1. The fraction of sp³-hybridized carbons (Fsp3) is 0.276. The second-order valence-corrected chi connectivity index (χ2v) is 11.1. The number of nitriles is 1. The van der Waals surface area contributed by atoms with Gasteiger partial charge in [0, 0.05) is 12.0 Å². The third-order valence-corrected chi connectivity index (χ3v) is 8.36. The molecule has 0 aliphatic heterocycles. The van der Waals surface area contributed by atoms with Gasteiger partial charge in [0.15, 0.2) is 6.19 Å². The molecule has 202 valence electrons. The maximum atomic E-state index is 13.1. The molecule has 1 aliphatic rings. The van der Waals surface area contributed by atoms with E-state index in [4.69, 9.17) is 4.74 Å². The number of hydrogen-bond acceptors (Lipinski definition) is 6. The number of hydrogen-bond donors (Lipinski definition) is 3. The topological polar surface area (TPSA) is 133 Å². The SMILES string of the molecule is COc1ccccc1C(=O)NCC1(c2ccccc2)CCC(N=C(NC#N)NS(=O)(=O)c2ccccc2)CC1. The van der Waals surface area contributed by atoms with Crippen LogP contribution in [0.2, 0.25) is 0 Å². The van der Waals surface area contributed by atoms with Crippen molar-refractivity contribution in [1.29, 1.82) is 5.26 Å². The number of nitrogens with zero attached hydrogens (tertiary/aromatic N) is 2. The van der Waals surface area contributed by atoms with Crippen LogP contribution in [-0.2, 0) is 15.4 Å². The standard InChI is InChI=1S/C29H31N5O4S/c1-38-26-15-9-8-14-25(26)27(35)31-20-29(22-10-4-2-5-11-22)18-16-23(17-19-29)33-28(32-21-30)34-39(36,37)24-12-6-3-7-13-24/h2-15,23H,16-20H2,1H3,(H,31,35)(H2,32,33,34). The molecule has 10 heteroatoms. The van der Waals surface area contributed by atoms with E-state index < -0.39 is 10.0 Å². The molecule has 3 aromatic carbocycles. The fourth-order valence-electron chi connectivity index (χ4n) is 4.93. The Hall–Kier alpha value is -4.36. The van der Waals surface area contributed by atoms with Gasteiger partial charge in [0.1, 0.15) is 5.75 Å². The molecule has 9 nitrogen and oxygen atoms in total. The molecule has 0 unspecified atom stereocenters. The van der Waals surface area contributed by atoms with Crippen molar-refractivity contribution in [2.45, 2.75) is 42.0 Å². The maximum absolute atomic E-state index is 13.1. The van der Waals surface area contributed by atoms with Crippen LogP contribution in [0.3, 0.4) is 0 Å². The second kappa shape index (κ2) is 12.5. The Morgan fingerprint density at radius 2 is 1.62 bits per heavy atom. The highest BCUT2D eigenvalue weighted by molar-refractivity contribution is 7.90. The molecule has 1 amide bonds. The highest BCUT2D eigenvalue weighted by atomic mass is 32.2. The second-order valence-electron chi connectivity index (χ2n) is 9.39. The Balaban J connectivity index is 1.50. The van der Waals surface area contributed by atoms with Crippen LogP contribution < -0.4 is 20.1 Å². The average molecular weight is 546 g/mol. The lowest BCUT2D eigenvalue weighted by Crippen LogP contribution is -2.45. The normalized spacial score (nSPS) is 19.4. The number of aliphatic imine (C=N–C) groups is 1. The van der Waals surface area contributed by atoms with E-state index in [9.17, 15) is 18.5 Å². The van der Waals surface area contributed by atoms with Crippen molar-refractivity contribution in [2.24, 2.45) is 4.99 Å². The summed E-state index contributed by atoms with van der Waals surface area (Å²) in [6.07, 6.45) is 4.47. The van der Waals surface area contributed by atoms with Crippen molar-refractivity contribution in [3.8, 4) is 11.9 Å². The Labute approximate surface area is 229 Å². The van der Waals surface area contributed by atoms with Crippen molar-refractivity contribution < 1.29 is 17.9 Å². The molecular formula is C29H31N5O4S. The minimum Gasteiger partial charge on any atom is -0.496 e. The first-order chi connectivity index (χ1) is 18.9. The van der Waals surface area contributed by atoms with Gasteiger partial charge in [-0.1, -0.05) is 60.7 Å². The number of methoxy groups -OCH3 is 1. The number of amides is 1. The highest BCUT2D eigenvalue weighted by Crippen LogP contribution is 2.40. The Bertz CT molecular complexity index is 1450. The highest BCUT2D eigenvalue weighted by Gasteiger charge is 2.37. The van der Waals surface area contributed by atoms with Crippen molar-refractivity contribution in [3.63, 3.8) is 0 Å². The van der Waals surface area contributed by atoms with Crippen molar-refractivity contribution in [3.05, 3.63) is 96.1 Å². The van der Waals surface area contributed by atoms with Crippen LogP contribution in [-0.4, -0.2) is 40.0 Å². The molecule has 3 aromatic rings. The Kier molecular flexibility index (Phi) is 8.84. The van der Waals surface area contributed by atoms with Crippen molar-refractivity contribution in [2.75, 3.05) is 13.7 Å². The van der Waals surface area contributed by atoms with Crippen LogP contribution in [0, 0.1) is 11.5 Å². The van der Waals surface area contributed by atoms with Crippen LogP contribution in [0.4, 0.5) is 0 Å². The van der Waals surface area contributed by atoms with Gasteiger partial charge >= 0.3 is 0 Å². The van der Waals surface area contributed by atoms with Gasteiger partial charge in [0.2, 0.25) is 5.96 Å². The van der Waals surface area contributed by atoms with Gasteiger partial charge in [0.05, 0.1) is 23.6 Å². The summed E-state index contributed by atoms with van der Waals surface area (Å²) in [5.74, 6) is 0.194. The molecular weight excluding hydrogens is 514 g/mol. The van der Waals surface area contributed by atoms with Gasteiger partial charge in [-0.3, -0.25) is 10.1 Å². The summed E-state index contributed by atoms with van der Waals surface area (Å²) in [7, 11) is -2.36. The third kappa shape index (κ3) is 6.75. The summed E-state index contributed by atoms with van der Waals surface area (Å²) in [6, 6.07) is 24.9. The number of rotatable bonds is 8. The third-order valence-electron chi connectivity index (χ3n) is 7.01. The number of nitrogens with one attached hydrogen (secondary N) is 3. The van der Waals surface area contributed by atoms with Gasteiger partial charge in [-0.2, -0.15) is 5.26 Å². The lowest BCUT2D eigenvalue weighted by molar-refractivity contribution is 0.0932. The number of carbonyl (C=O) groups excluding carboxylic acids is 1. The number of benzene rings is 3. The van der Waals surface area contributed by atoms with E-state index in [0.717, 1.165) is 5.56 Å². The predicted molar refractivity (Wildman–Crippen MR) is 149 cm³/mol. The summed E-state index contributed by atoms with van der Waals surface area (Å²) < 4.78 is 33.3. The average Bonchev–Trinajstić information content (AvgIpc) is 2.97. The quantitative estimate of drug-likeness (QED) is 0.171. The first-order valence-electron chi connectivity index (χ1n) is 12.6. The first-order valence-corrected chi connectivity index (χ1v) is 14.1. The Morgan fingerprint density at radius 1 is 1.00 bits per heavy atom.